The van der Waals surface area contributed by atoms with Gasteiger partial charge in [-0.2, -0.15) is 0 Å². The van der Waals surface area contributed by atoms with Crippen LogP contribution < -0.4 is 20.7 Å². The Balaban J connectivity index is 1.22. The highest BCUT2D eigenvalue weighted by atomic mass is 33.1. The van der Waals surface area contributed by atoms with Crippen LogP contribution in [-0.4, -0.2) is 134 Å². The molecule has 0 aliphatic carbocycles. The monoisotopic (exact) mass is 975 g/mol. The van der Waals surface area contributed by atoms with Gasteiger partial charge in [0.05, 0.1) is 66.6 Å². The zero-order valence-electron chi connectivity index (χ0n) is 38.3. The average Bonchev–Trinajstić information content (AvgIpc) is 3.62. The van der Waals surface area contributed by atoms with Crippen LogP contribution in [0.3, 0.4) is 0 Å². The van der Waals surface area contributed by atoms with Crippen molar-refractivity contribution < 1.29 is 51.7 Å². The maximum Gasteiger partial charge on any atom is 0.330 e. The van der Waals surface area contributed by atoms with Crippen LogP contribution in [0.4, 0.5) is 4.39 Å². The summed E-state index contributed by atoms with van der Waals surface area (Å²) in [6.07, 6.45) is -3.27. The van der Waals surface area contributed by atoms with Gasteiger partial charge < -0.3 is 47.3 Å². The molecule has 2 saturated heterocycles. The van der Waals surface area contributed by atoms with E-state index in [1.165, 1.54) is 6.20 Å². The molecule has 0 amide bonds. The summed E-state index contributed by atoms with van der Waals surface area (Å²) in [7, 11) is 5.96. The number of benzene rings is 3. The number of rotatable bonds is 26. The molecule has 7 unspecified atom stereocenters. The van der Waals surface area contributed by atoms with Gasteiger partial charge in [0.2, 0.25) is 0 Å². The van der Waals surface area contributed by atoms with Crippen LogP contribution in [-0.2, 0) is 38.5 Å². The molecule has 66 heavy (non-hydrogen) atoms. The number of H-pyrrole nitrogens is 1. The maximum absolute atomic E-state index is 17.2. The van der Waals surface area contributed by atoms with Crippen LogP contribution in [0.25, 0.3) is 0 Å². The first kappa shape index (κ1) is 52.0. The predicted molar refractivity (Wildman–Crippen MR) is 255 cm³/mol. The lowest BCUT2D eigenvalue weighted by molar-refractivity contribution is -0.0932. The first-order valence-corrected chi connectivity index (χ1v) is 25.6. The quantitative estimate of drug-likeness (QED) is 0.0283. The number of aromatic nitrogens is 2. The van der Waals surface area contributed by atoms with E-state index in [9.17, 15) is 14.5 Å². The zero-order valence-corrected chi connectivity index (χ0v) is 40.9. The first-order valence-electron chi connectivity index (χ1n) is 22.1. The molecule has 2 aliphatic rings. The third-order valence-corrected chi connectivity index (χ3v) is 16.0. The summed E-state index contributed by atoms with van der Waals surface area (Å²) < 4.78 is 73.3. The van der Waals surface area contributed by atoms with Crippen molar-refractivity contribution in [1.82, 2.24) is 14.2 Å². The molecule has 3 aromatic carbocycles. The number of methoxy groups -OCH3 is 3. The van der Waals surface area contributed by atoms with Crippen LogP contribution in [0.15, 0.2) is 101 Å². The molecule has 8 atom stereocenters. The number of nitrogens with one attached hydrogen (secondary N) is 1. The van der Waals surface area contributed by atoms with Gasteiger partial charge in [0.1, 0.15) is 29.3 Å². The minimum absolute atomic E-state index is 0.0465. The van der Waals surface area contributed by atoms with E-state index in [1.54, 1.807) is 42.9 Å². The van der Waals surface area contributed by atoms with Gasteiger partial charge in [-0.1, -0.05) is 76.2 Å². The smallest absolute Gasteiger partial charge is 0.330 e. The van der Waals surface area contributed by atoms with E-state index < -0.39 is 50.0 Å². The SMILES string of the molecule is COCCOCCOCCOC1CSSC(CC(C)N(C(C)C)P(O)O[C@@H]2C(COC(c3ccccc3)(c3ccc(OC)cc3)c3ccc(OC)cc3)OC(n3ccc(=O)[nH]c3=O)C2F)C1. The molecule has 0 radical (unpaired) electrons. The van der Waals surface area contributed by atoms with Crippen molar-refractivity contribution >= 4 is 30.1 Å². The molecule has 2 aliphatic heterocycles. The molecule has 2 fully saturated rings. The summed E-state index contributed by atoms with van der Waals surface area (Å²) >= 11 is 0. The van der Waals surface area contributed by atoms with E-state index in [1.807, 2.05) is 104 Å². The summed E-state index contributed by atoms with van der Waals surface area (Å²) in [5.74, 6) is 2.14. The normalized spacial score (nSPS) is 22.2. The highest BCUT2D eigenvalue weighted by Crippen LogP contribution is 2.50. The highest BCUT2D eigenvalue weighted by Gasteiger charge is 2.51. The molecule has 0 spiro atoms. The summed E-state index contributed by atoms with van der Waals surface area (Å²) in [5.41, 5.74) is -0.535. The summed E-state index contributed by atoms with van der Waals surface area (Å²) in [6.45, 7) is 8.70. The molecule has 0 saturated carbocycles. The fourth-order valence-electron chi connectivity index (χ4n) is 8.22. The first-order chi connectivity index (χ1) is 32.0. The Morgan fingerprint density at radius 2 is 1.47 bits per heavy atom. The van der Waals surface area contributed by atoms with Gasteiger partial charge >= 0.3 is 5.69 Å². The predicted octanol–water partition coefficient (Wildman–Crippen LogP) is 7.11. The highest BCUT2D eigenvalue weighted by molar-refractivity contribution is 8.77. The van der Waals surface area contributed by atoms with Crippen molar-refractivity contribution in [1.29, 1.82) is 0 Å². The van der Waals surface area contributed by atoms with E-state index in [4.69, 9.17) is 42.4 Å². The summed E-state index contributed by atoms with van der Waals surface area (Å²) in [5, 5.41) is 0.215. The van der Waals surface area contributed by atoms with Crippen molar-refractivity contribution in [3.8, 4) is 11.5 Å². The minimum atomic E-state index is -2.42. The second-order valence-electron chi connectivity index (χ2n) is 16.2. The Kier molecular flexibility index (Phi) is 20.4. The molecule has 15 nitrogen and oxygen atoms in total. The average molecular weight is 976 g/mol. The van der Waals surface area contributed by atoms with Gasteiger partial charge in [-0.15, -0.1) is 0 Å². The maximum atomic E-state index is 17.2. The fourth-order valence-corrected chi connectivity index (χ4v) is 12.7. The molecule has 4 aromatic rings. The second-order valence-corrected chi connectivity index (χ2v) is 20.1. The van der Waals surface area contributed by atoms with Gasteiger partial charge in [0.25, 0.3) is 14.1 Å². The van der Waals surface area contributed by atoms with E-state index in [2.05, 4.69) is 4.98 Å². The summed E-state index contributed by atoms with van der Waals surface area (Å²) in [6, 6.07) is 25.4. The lowest BCUT2D eigenvalue weighted by atomic mass is 9.80. The number of ether oxygens (including phenoxy) is 8. The number of hydrogen-bond acceptors (Lipinski definition) is 15. The minimum Gasteiger partial charge on any atom is -0.497 e. The van der Waals surface area contributed by atoms with Crippen LogP contribution in [0, 0.1) is 0 Å². The van der Waals surface area contributed by atoms with Crippen LogP contribution in [0.2, 0.25) is 0 Å². The van der Waals surface area contributed by atoms with Gasteiger partial charge in [-0.05, 0) is 74.6 Å². The van der Waals surface area contributed by atoms with Gasteiger partial charge in [0.15, 0.2) is 12.4 Å². The Morgan fingerprint density at radius 1 is 0.864 bits per heavy atom. The molecule has 2 N–H and O–H groups in total. The van der Waals surface area contributed by atoms with E-state index in [0.717, 1.165) is 39.5 Å². The fraction of sp³-hybridized carbons (Fsp3) is 0.532. The molecule has 0 bridgehead atoms. The Bertz CT molecular complexity index is 2110. The molecule has 3 heterocycles. The largest absolute Gasteiger partial charge is 0.497 e. The standard InChI is InChI=1S/C47H63FN3O12PS2/c1-32(2)51(33(3)28-40-29-39(31-65-66-40)60-27-26-59-25-24-58-23-22-55-4)64(54)63-44-41(62-45(43(44)48)50-21-20-42(52)49-46(50)53)30-61-47(34-10-8-7-9-11-34,35-12-16-37(56-5)17-13-35)36-14-18-38(57-6)19-15-36/h7-21,32-33,39-41,43-45,54H,22-31H2,1-6H3,(H,49,52,53)/t33?,39?,40?,41?,43?,44-,45?,64?/m1/s1. The molecule has 1 aromatic heterocycles. The van der Waals surface area contributed by atoms with E-state index in [0.29, 0.717) is 57.6 Å². The zero-order chi connectivity index (χ0) is 47.1. The van der Waals surface area contributed by atoms with Crippen LogP contribution in [0.1, 0.15) is 56.5 Å². The van der Waals surface area contributed by atoms with Crippen molar-refractivity contribution in [3.05, 3.63) is 129 Å². The molecule has 6 rings (SSSR count). The second kappa shape index (κ2) is 25.8. The Hall–Kier alpha value is -3.36. The van der Waals surface area contributed by atoms with Crippen LogP contribution >= 0.6 is 30.1 Å². The van der Waals surface area contributed by atoms with Gasteiger partial charge in [-0.3, -0.25) is 14.3 Å². The Labute approximate surface area is 395 Å². The van der Waals surface area contributed by atoms with Gasteiger partial charge in [-0.25, -0.2) is 13.9 Å². The van der Waals surface area contributed by atoms with E-state index >= 15 is 4.39 Å². The lowest BCUT2D eigenvalue weighted by Gasteiger charge is -2.39. The van der Waals surface area contributed by atoms with Crippen molar-refractivity contribution in [2.45, 2.75) is 87.3 Å². The molecule has 19 heteroatoms. The number of halogens is 1. The number of nitrogens with zero attached hydrogens (tertiary/aromatic N) is 2. The number of alkyl halides is 1. The molecule has 362 valence electrons. The number of aromatic amines is 1. The lowest BCUT2D eigenvalue weighted by Crippen LogP contribution is -2.42. The van der Waals surface area contributed by atoms with Crippen molar-refractivity contribution in [3.63, 3.8) is 0 Å². The van der Waals surface area contributed by atoms with Crippen LogP contribution in [0.5, 0.6) is 11.5 Å². The summed E-state index contributed by atoms with van der Waals surface area (Å²) in [4.78, 5) is 39.5. The van der Waals surface area contributed by atoms with E-state index in [-0.39, 0.29) is 30.0 Å². The number of hydrogen-bond donors (Lipinski definition) is 2. The van der Waals surface area contributed by atoms with Crippen molar-refractivity contribution in [2.75, 3.05) is 73.3 Å². The topological polar surface area (TPSA) is 161 Å². The van der Waals surface area contributed by atoms with Crippen molar-refractivity contribution in [2.24, 2.45) is 0 Å². The Morgan fingerprint density at radius 3 is 2.06 bits per heavy atom. The molecular weight excluding hydrogens is 913 g/mol. The van der Waals surface area contributed by atoms with Gasteiger partial charge in [0, 0.05) is 42.5 Å². The third-order valence-electron chi connectivity index (χ3n) is 11.4. The molecular formula is C47H63FN3O12PS2. The third kappa shape index (κ3) is 13.4.